The van der Waals surface area contributed by atoms with Gasteiger partial charge in [-0.05, 0) is 44.6 Å². The van der Waals surface area contributed by atoms with Gasteiger partial charge in [-0.3, -0.25) is 0 Å². The maximum absolute atomic E-state index is 14.1. The van der Waals surface area contributed by atoms with Gasteiger partial charge in [-0.2, -0.15) is 0 Å². The normalized spacial score (nSPS) is 19.3. The standard InChI is InChI=1S/C17H19BF2O3/c1-16(2)17(3,4)23-18(22-16)12-7-5-6-11-8-9-13(20)15(14(11)12)21-10-19/h5-9H,10H2,1-4H3. The Kier molecular flexibility index (Phi) is 3.85. The minimum atomic E-state index is -1.10. The third kappa shape index (κ3) is 2.60. The maximum atomic E-state index is 14.1. The molecular weight excluding hydrogens is 301 g/mol. The highest BCUT2D eigenvalue weighted by atomic mass is 19.1. The molecule has 2 aromatic carbocycles. The van der Waals surface area contributed by atoms with E-state index in [4.69, 9.17) is 14.0 Å². The molecule has 1 saturated heterocycles. The fourth-order valence-corrected chi connectivity index (χ4v) is 2.71. The van der Waals surface area contributed by atoms with Gasteiger partial charge in [-0.25, -0.2) is 8.78 Å². The van der Waals surface area contributed by atoms with E-state index in [1.807, 2.05) is 39.8 Å². The summed E-state index contributed by atoms with van der Waals surface area (Å²) in [7, 11) is -0.674. The van der Waals surface area contributed by atoms with Crippen molar-refractivity contribution < 1.29 is 22.8 Å². The molecule has 0 unspecified atom stereocenters. The Hall–Kier alpha value is -1.66. The molecule has 1 aliphatic heterocycles. The summed E-state index contributed by atoms with van der Waals surface area (Å²) in [5.74, 6) is -0.727. The first-order valence-electron chi connectivity index (χ1n) is 7.52. The molecule has 0 spiro atoms. The third-order valence-corrected chi connectivity index (χ3v) is 4.69. The Balaban J connectivity index is 2.17. The first kappa shape index (κ1) is 16.2. The van der Waals surface area contributed by atoms with Crippen LogP contribution in [-0.4, -0.2) is 25.2 Å². The van der Waals surface area contributed by atoms with E-state index in [2.05, 4.69) is 0 Å². The zero-order valence-corrected chi connectivity index (χ0v) is 13.7. The van der Waals surface area contributed by atoms with Crippen LogP contribution in [0.3, 0.4) is 0 Å². The minimum absolute atomic E-state index is 0.115. The summed E-state index contributed by atoms with van der Waals surface area (Å²) < 4.78 is 43.8. The fourth-order valence-electron chi connectivity index (χ4n) is 2.71. The average molecular weight is 320 g/mol. The molecule has 1 fully saturated rings. The van der Waals surface area contributed by atoms with Crippen LogP contribution in [0.1, 0.15) is 27.7 Å². The van der Waals surface area contributed by atoms with Crippen molar-refractivity contribution in [3.05, 3.63) is 36.1 Å². The first-order valence-corrected chi connectivity index (χ1v) is 7.52. The lowest BCUT2D eigenvalue weighted by Crippen LogP contribution is -2.41. The van der Waals surface area contributed by atoms with Crippen molar-refractivity contribution in [1.29, 1.82) is 0 Å². The van der Waals surface area contributed by atoms with Crippen molar-refractivity contribution >= 4 is 23.4 Å². The van der Waals surface area contributed by atoms with Crippen molar-refractivity contribution in [1.82, 2.24) is 0 Å². The van der Waals surface area contributed by atoms with Crippen LogP contribution in [-0.2, 0) is 9.31 Å². The van der Waals surface area contributed by atoms with Crippen LogP contribution in [0.15, 0.2) is 30.3 Å². The number of alkyl halides is 1. The highest BCUT2D eigenvalue weighted by molar-refractivity contribution is 6.65. The molecule has 122 valence electrons. The molecule has 0 aromatic heterocycles. The highest BCUT2D eigenvalue weighted by Crippen LogP contribution is 2.38. The molecule has 0 aliphatic carbocycles. The largest absolute Gasteiger partial charge is 0.495 e. The van der Waals surface area contributed by atoms with Crippen LogP contribution < -0.4 is 10.2 Å². The van der Waals surface area contributed by atoms with E-state index in [9.17, 15) is 8.78 Å². The number of benzene rings is 2. The lowest BCUT2D eigenvalue weighted by Gasteiger charge is -2.32. The molecule has 3 rings (SSSR count). The molecule has 0 radical (unpaired) electrons. The second-order valence-corrected chi connectivity index (χ2v) is 6.66. The number of hydrogen-bond donors (Lipinski definition) is 0. The highest BCUT2D eigenvalue weighted by Gasteiger charge is 2.52. The summed E-state index contributed by atoms with van der Waals surface area (Å²) in [6, 6.07) is 8.33. The SMILES string of the molecule is CC1(C)OB(c2cccc3ccc(F)c(OCF)c23)OC1(C)C. The van der Waals surface area contributed by atoms with Gasteiger partial charge in [0.15, 0.2) is 11.6 Å². The molecule has 2 aromatic rings. The predicted octanol–water partition coefficient (Wildman–Crippen LogP) is 3.58. The van der Waals surface area contributed by atoms with Gasteiger partial charge in [-0.15, -0.1) is 0 Å². The molecule has 0 bridgehead atoms. The first-order chi connectivity index (χ1) is 10.8. The summed E-state index contributed by atoms with van der Waals surface area (Å²) in [5, 5.41) is 1.21. The quantitative estimate of drug-likeness (QED) is 0.809. The summed E-state index contributed by atoms with van der Waals surface area (Å²) >= 11 is 0. The summed E-state index contributed by atoms with van der Waals surface area (Å²) in [5.41, 5.74) is -0.410. The lowest BCUT2D eigenvalue weighted by molar-refractivity contribution is 0.00578. The lowest BCUT2D eigenvalue weighted by atomic mass is 9.76. The molecule has 23 heavy (non-hydrogen) atoms. The minimum Gasteiger partial charge on any atom is -0.459 e. The van der Waals surface area contributed by atoms with Crippen molar-refractivity contribution in [2.24, 2.45) is 0 Å². The van der Waals surface area contributed by atoms with Gasteiger partial charge >= 0.3 is 7.12 Å². The van der Waals surface area contributed by atoms with Crippen LogP contribution in [0, 0.1) is 5.82 Å². The topological polar surface area (TPSA) is 27.7 Å². The molecular formula is C17H19BF2O3. The Morgan fingerprint density at radius 3 is 2.30 bits per heavy atom. The van der Waals surface area contributed by atoms with Crippen LogP contribution in [0.5, 0.6) is 5.75 Å². The monoisotopic (exact) mass is 320 g/mol. The van der Waals surface area contributed by atoms with Crippen molar-refractivity contribution in [2.45, 2.75) is 38.9 Å². The predicted molar refractivity (Wildman–Crippen MR) is 86.2 cm³/mol. The Morgan fingerprint density at radius 1 is 1.04 bits per heavy atom. The van der Waals surface area contributed by atoms with Crippen LogP contribution in [0.25, 0.3) is 10.8 Å². The number of fused-ring (bicyclic) bond motifs is 1. The third-order valence-electron chi connectivity index (χ3n) is 4.69. The smallest absolute Gasteiger partial charge is 0.459 e. The second-order valence-electron chi connectivity index (χ2n) is 6.66. The molecule has 0 N–H and O–H groups in total. The Morgan fingerprint density at radius 2 is 1.70 bits per heavy atom. The van der Waals surface area contributed by atoms with Gasteiger partial charge in [0.25, 0.3) is 0 Å². The number of hydrogen-bond acceptors (Lipinski definition) is 3. The van der Waals surface area contributed by atoms with E-state index < -0.39 is 31.0 Å². The Labute approximate surface area is 134 Å². The van der Waals surface area contributed by atoms with Gasteiger partial charge in [0.05, 0.1) is 11.2 Å². The van der Waals surface area contributed by atoms with Gasteiger partial charge in [0.1, 0.15) is 0 Å². The molecule has 0 saturated carbocycles. The molecule has 0 atom stereocenters. The zero-order valence-electron chi connectivity index (χ0n) is 13.7. The fraction of sp³-hybridized carbons (Fsp3) is 0.412. The second kappa shape index (κ2) is 5.46. The molecule has 6 heteroatoms. The molecule has 3 nitrogen and oxygen atoms in total. The van der Waals surface area contributed by atoms with Gasteiger partial charge in [0.2, 0.25) is 6.86 Å². The van der Waals surface area contributed by atoms with E-state index in [1.54, 1.807) is 12.1 Å². The zero-order chi connectivity index (χ0) is 16.8. The Bertz CT molecular complexity index is 730. The van der Waals surface area contributed by atoms with E-state index in [0.29, 0.717) is 10.8 Å². The maximum Gasteiger partial charge on any atom is 0.495 e. The van der Waals surface area contributed by atoms with Gasteiger partial charge < -0.3 is 14.0 Å². The number of rotatable bonds is 3. The molecule has 1 heterocycles. The van der Waals surface area contributed by atoms with E-state index in [-0.39, 0.29) is 5.75 Å². The summed E-state index contributed by atoms with van der Waals surface area (Å²) in [6.45, 7) is 6.67. The van der Waals surface area contributed by atoms with E-state index >= 15 is 0 Å². The van der Waals surface area contributed by atoms with E-state index in [1.165, 1.54) is 6.07 Å². The van der Waals surface area contributed by atoms with Crippen LogP contribution >= 0.6 is 0 Å². The van der Waals surface area contributed by atoms with Crippen LogP contribution in [0.4, 0.5) is 8.78 Å². The summed E-state index contributed by atoms with van der Waals surface area (Å²) in [6.07, 6.45) is 0. The van der Waals surface area contributed by atoms with Gasteiger partial charge in [-0.1, -0.05) is 24.3 Å². The summed E-state index contributed by atoms with van der Waals surface area (Å²) in [4.78, 5) is 0. The average Bonchev–Trinajstić information content (AvgIpc) is 2.70. The van der Waals surface area contributed by atoms with Gasteiger partial charge in [0, 0.05) is 5.39 Å². The molecule has 0 amide bonds. The van der Waals surface area contributed by atoms with E-state index in [0.717, 1.165) is 5.39 Å². The van der Waals surface area contributed by atoms with Crippen molar-refractivity contribution in [3.8, 4) is 5.75 Å². The molecule has 1 aliphatic rings. The number of ether oxygens (including phenoxy) is 1. The van der Waals surface area contributed by atoms with Crippen LogP contribution in [0.2, 0.25) is 0 Å². The van der Waals surface area contributed by atoms with Crippen molar-refractivity contribution in [2.75, 3.05) is 6.86 Å². The van der Waals surface area contributed by atoms with Crippen molar-refractivity contribution in [3.63, 3.8) is 0 Å². The number of halogens is 2.